The molecule has 0 unspecified atom stereocenters. The smallest absolute Gasteiger partial charge is 0.0547 e. The molecule has 0 N–H and O–H groups in total. The van der Waals surface area contributed by atoms with Gasteiger partial charge in [-0.1, -0.05) is 182 Å². The Morgan fingerprint density at radius 2 is 0.539 bits per heavy atom. The first-order chi connectivity index (χ1) is 37.7. The van der Waals surface area contributed by atoms with Gasteiger partial charge in [-0.05, 0) is 141 Å². The van der Waals surface area contributed by atoms with Crippen LogP contribution in [0.5, 0.6) is 0 Å². The molecule has 0 radical (unpaired) electrons. The second kappa shape index (κ2) is 17.1. The summed E-state index contributed by atoms with van der Waals surface area (Å²) in [5, 5.41) is 10.2. The van der Waals surface area contributed by atoms with Crippen LogP contribution in [0, 0.1) is 0 Å². The largest absolute Gasteiger partial charge is 0.309 e. The molecule has 0 saturated carbocycles. The summed E-state index contributed by atoms with van der Waals surface area (Å²) in [7, 11) is 0. The highest BCUT2D eigenvalue weighted by Gasteiger charge is 2.23. The Morgan fingerprint density at radius 3 is 1.00 bits per heavy atom. The fraction of sp³-hybridized carbons (Fsp3) is 0. The van der Waals surface area contributed by atoms with Crippen molar-refractivity contribution in [2.24, 2.45) is 0 Å². The van der Waals surface area contributed by atoms with Crippen molar-refractivity contribution >= 4 is 107 Å². The van der Waals surface area contributed by atoms with Crippen LogP contribution < -0.4 is 0 Å². The molecular weight excluding hydrogens is 957 g/mol. The first-order valence-electron chi connectivity index (χ1n) is 26.0. The molecule has 16 rings (SSSR count). The van der Waals surface area contributed by atoms with Crippen molar-refractivity contribution in [2.75, 3.05) is 0 Å². The summed E-state index contributed by atoms with van der Waals surface area (Å²) in [5.41, 5.74) is 18.9. The van der Waals surface area contributed by atoms with Crippen LogP contribution in [0.25, 0.3) is 151 Å². The molecule has 0 aliphatic rings. The van der Waals surface area contributed by atoms with E-state index in [1.165, 1.54) is 128 Å². The number of hydrogen-bond acceptors (Lipinski definition) is 2. The predicted molar refractivity (Wildman–Crippen MR) is 328 cm³/mol. The summed E-state index contributed by atoms with van der Waals surface area (Å²) in [6.45, 7) is 0. The van der Waals surface area contributed by atoms with E-state index in [0.717, 1.165) is 22.5 Å². The van der Waals surface area contributed by atoms with Crippen molar-refractivity contribution in [3.63, 3.8) is 0 Å². The van der Waals surface area contributed by atoms with Gasteiger partial charge in [-0.25, -0.2) is 0 Å². The number of para-hydroxylation sites is 2. The third-order valence-electron chi connectivity index (χ3n) is 15.7. The second-order valence-electron chi connectivity index (χ2n) is 19.9. The predicted octanol–water partition coefficient (Wildman–Crippen LogP) is 21.0. The lowest BCUT2D eigenvalue weighted by atomic mass is 9.93. The van der Waals surface area contributed by atoms with E-state index in [1.807, 2.05) is 22.7 Å². The van der Waals surface area contributed by atoms with Gasteiger partial charge in [-0.3, -0.25) is 0 Å². The molecule has 354 valence electrons. The highest BCUT2D eigenvalue weighted by atomic mass is 32.1. The number of aromatic nitrogens is 2. The number of rotatable bonds is 7. The average Bonchev–Trinajstić information content (AvgIpc) is 4.37. The molecule has 0 aliphatic heterocycles. The summed E-state index contributed by atoms with van der Waals surface area (Å²) >= 11 is 3.75. The Bertz CT molecular complexity index is 4680. The SMILES string of the molecule is c1ccc(-c2cc(-c3ccccc3)cc(-c3cc(-n4c5ccccc5c5c(-c6cccc7sc8ccccc8c67)cccc54)cc(-n4c5ccccc5c5c(-c6cccc7sc8ccccc8c67)cccc54)c3)c2)cc1. The summed E-state index contributed by atoms with van der Waals surface area (Å²) in [6.07, 6.45) is 0. The first-order valence-corrected chi connectivity index (χ1v) is 27.6. The molecule has 76 heavy (non-hydrogen) atoms. The average molecular weight is 1000 g/mol. The molecule has 0 saturated heterocycles. The van der Waals surface area contributed by atoms with Gasteiger partial charge in [0, 0.05) is 73.3 Å². The van der Waals surface area contributed by atoms with Gasteiger partial charge in [-0.2, -0.15) is 0 Å². The molecule has 4 aromatic heterocycles. The Labute approximate surface area is 446 Å². The minimum Gasteiger partial charge on any atom is -0.309 e. The van der Waals surface area contributed by atoms with Crippen molar-refractivity contribution in [3.8, 4) is 67.0 Å². The zero-order valence-electron chi connectivity index (χ0n) is 41.1. The van der Waals surface area contributed by atoms with Crippen molar-refractivity contribution < 1.29 is 0 Å². The quantitative estimate of drug-likeness (QED) is 0.151. The highest BCUT2D eigenvalue weighted by molar-refractivity contribution is 7.26. The maximum absolute atomic E-state index is 2.52. The van der Waals surface area contributed by atoms with E-state index in [0.29, 0.717) is 0 Å². The van der Waals surface area contributed by atoms with Crippen molar-refractivity contribution in [1.29, 1.82) is 0 Å². The normalized spacial score (nSPS) is 11.9. The van der Waals surface area contributed by atoms with Gasteiger partial charge < -0.3 is 9.13 Å². The zero-order valence-corrected chi connectivity index (χ0v) is 42.7. The molecule has 0 bridgehead atoms. The van der Waals surface area contributed by atoms with Gasteiger partial charge in [0.05, 0.1) is 22.1 Å². The summed E-state index contributed by atoms with van der Waals surface area (Å²) in [5.74, 6) is 0. The Balaban J connectivity index is 1.00. The minimum absolute atomic E-state index is 1.10. The molecule has 0 amide bonds. The van der Waals surface area contributed by atoms with E-state index in [4.69, 9.17) is 0 Å². The lowest BCUT2D eigenvalue weighted by Crippen LogP contribution is -2.00. The van der Waals surface area contributed by atoms with Crippen molar-refractivity contribution in [2.45, 2.75) is 0 Å². The van der Waals surface area contributed by atoms with Gasteiger partial charge in [0.15, 0.2) is 0 Å². The standard InChI is InChI=1S/C72H44N2S2/c1-3-19-45(20-4-1)47-39-48(46-21-5-2-6-22-46)41-49(40-47)50-42-51(73-61-31-11-7-23-57(61)69-53(27-15-33-63(69)73)55-29-17-37-67-71(55)59-25-9-13-35-65(59)75-67)44-52(43-50)74-62-32-12-8-24-58(62)70-54(28-16-34-64(70)74)56-30-18-38-68-72(56)60-26-10-14-36-66(60)76-68/h1-44H. The van der Waals surface area contributed by atoms with Crippen LogP contribution in [0.2, 0.25) is 0 Å². The van der Waals surface area contributed by atoms with E-state index >= 15 is 0 Å². The second-order valence-corrected chi connectivity index (χ2v) is 22.1. The highest BCUT2D eigenvalue weighted by Crippen LogP contribution is 2.48. The molecule has 0 aliphatic carbocycles. The van der Waals surface area contributed by atoms with Gasteiger partial charge in [0.25, 0.3) is 0 Å². The third kappa shape index (κ3) is 6.64. The van der Waals surface area contributed by atoms with E-state index in [9.17, 15) is 0 Å². The van der Waals surface area contributed by atoms with Gasteiger partial charge in [0.1, 0.15) is 0 Å². The molecule has 4 heteroatoms. The van der Waals surface area contributed by atoms with Gasteiger partial charge in [0.2, 0.25) is 0 Å². The molecule has 4 heterocycles. The fourth-order valence-corrected chi connectivity index (χ4v) is 14.7. The zero-order chi connectivity index (χ0) is 49.8. The third-order valence-corrected chi connectivity index (χ3v) is 18.0. The lowest BCUT2D eigenvalue weighted by Gasteiger charge is -2.17. The van der Waals surface area contributed by atoms with Gasteiger partial charge in [-0.15, -0.1) is 22.7 Å². The molecule has 0 fully saturated rings. The molecular formula is C72H44N2S2. The molecule has 2 nitrogen and oxygen atoms in total. The van der Waals surface area contributed by atoms with Crippen LogP contribution >= 0.6 is 22.7 Å². The monoisotopic (exact) mass is 1000 g/mol. The number of benzene rings is 12. The van der Waals surface area contributed by atoms with E-state index < -0.39 is 0 Å². The summed E-state index contributed by atoms with van der Waals surface area (Å²) in [6, 6.07) is 99.2. The Hall–Kier alpha value is -9.32. The van der Waals surface area contributed by atoms with E-state index in [2.05, 4.69) is 276 Å². The van der Waals surface area contributed by atoms with Crippen LogP contribution in [0.4, 0.5) is 0 Å². The first kappa shape index (κ1) is 43.1. The van der Waals surface area contributed by atoms with Crippen LogP contribution in [0.1, 0.15) is 0 Å². The number of thiophene rings is 2. The van der Waals surface area contributed by atoms with Crippen LogP contribution in [0.3, 0.4) is 0 Å². The maximum Gasteiger partial charge on any atom is 0.0547 e. The molecule has 16 aromatic rings. The Kier molecular flexibility index (Phi) is 9.71. The fourth-order valence-electron chi connectivity index (χ4n) is 12.5. The van der Waals surface area contributed by atoms with Crippen molar-refractivity contribution in [1.82, 2.24) is 9.13 Å². The lowest BCUT2D eigenvalue weighted by molar-refractivity contribution is 1.13. The summed E-state index contributed by atoms with van der Waals surface area (Å²) in [4.78, 5) is 0. The number of fused-ring (bicyclic) bond motifs is 12. The van der Waals surface area contributed by atoms with E-state index in [-0.39, 0.29) is 0 Å². The summed E-state index contributed by atoms with van der Waals surface area (Å²) < 4.78 is 10.3. The molecule has 12 aromatic carbocycles. The van der Waals surface area contributed by atoms with Crippen LogP contribution in [-0.2, 0) is 0 Å². The molecule has 0 atom stereocenters. The molecule has 0 spiro atoms. The minimum atomic E-state index is 1.10. The number of nitrogens with zero attached hydrogens (tertiary/aromatic N) is 2. The number of hydrogen-bond donors (Lipinski definition) is 0. The van der Waals surface area contributed by atoms with Crippen LogP contribution in [-0.4, -0.2) is 9.13 Å². The van der Waals surface area contributed by atoms with Crippen LogP contribution in [0.15, 0.2) is 267 Å². The van der Waals surface area contributed by atoms with Gasteiger partial charge >= 0.3 is 0 Å². The van der Waals surface area contributed by atoms with Crippen molar-refractivity contribution in [3.05, 3.63) is 267 Å². The maximum atomic E-state index is 2.52. The van der Waals surface area contributed by atoms with E-state index in [1.54, 1.807) is 0 Å². The Morgan fingerprint density at radius 1 is 0.211 bits per heavy atom. The topological polar surface area (TPSA) is 9.86 Å².